The van der Waals surface area contributed by atoms with Gasteiger partial charge in [-0.05, 0) is 36.1 Å². The summed E-state index contributed by atoms with van der Waals surface area (Å²) in [6.07, 6.45) is 8.11. The summed E-state index contributed by atoms with van der Waals surface area (Å²) in [4.78, 5) is 0. The van der Waals surface area contributed by atoms with Crippen molar-refractivity contribution in [2.24, 2.45) is 5.41 Å². The fourth-order valence-corrected chi connectivity index (χ4v) is 2.49. The summed E-state index contributed by atoms with van der Waals surface area (Å²) in [5.74, 6) is 0. The molecular weight excluding hydrogens is 180 g/mol. The first-order valence-electron chi connectivity index (χ1n) is 5.34. The van der Waals surface area contributed by atoms with Crippen molar-refractivity contribution in [3.8, 4) is 0 Å². The van der Waals surface area contributed by atoms with Gasteiger partial charge in [-0.2, -0.15) is 0 Å². The molecule has 0 saturated heterocycles. The third-order valence-corrected chi connectivity index (χ3v) is 3.22. The maximum atomic E-state index is 3.91. The van der Waals surface area contributed by atoms with E-state index in [0.29, 0.717) is 0 Å². The molecule has 0 aromatic carbocycles. The van der Waals surface area contributed by atoms with Gasteiger partial charge in [-0.15, -0.1) is 0 Å². The largest absolute Gasteiger partial charge is 0.0991 e. The molecule has 0 unspecified atom stereocenters. The van der Waals surface area contributed by atoms with Crippen LogP contribution in [0.3, 0.4) is 0 Å². The SMILES string of the molecule is C=C/C=C1\C(=C/C)C(C)=C(C=C)C1(C)C. The molecule has 15 heavy (non-hydrogen) atoms. The molecule has 1 aliphatic rings. The van der Waals surface area contributed by atoms with Crippen LogP contribution < -0.4 is 0 Å². The molecule has 80 valence electrons. The van der Waals surface area contributed by atoms with E-state index in [-0.39, 0.29) is 5.41 Å². The molecule has 0 nitrogen and oxygen atoms in total. The van der Waals surface area contributed by atoms with E-state index in [1.807, 2.05) is 12.2 Å². The van der Waals surface area contributed by atoms with Crippen LogP contribution in [0.15, 0.2) is 59.8 Å². The molecule has 0 bridgehead atoms. The molecule has 0 aromatic heterocycles. The Morgan fingerprint density at radius 3 is 2.20 bits per heavy atom. The lowest BCUT2D eigenvalue weighted by molar-refractivity contribution is 0.578. The molecule has 0 radical (unpaired) electrons. The van der Waals surface area contributed by atoms with E-state index in [1.165, 1.54) is 22.3 Å². The van der Waals surface area contributed by atoms with Gasteiger partial charge in [0.05, 0.1) is 0 Å². The predicted molar refractivity (Wildman–Crippen MR) is 68.7 cm³/mol. The summed E-state index contributed by atoms with van der Waals surface area (Å²) in [6.45, 7) is 16.4. The maximum absolute atomic E-state index is 3.91. The Hall–Kier alpha value is -1.30. The lowest BCUT2D eigenvalue weighted by Gasteiger charge is -2.23. The third kappa shape index (κ3) is 1.65. The Morgan fingerprint density at radius 2 is 1.80 bits per heavy atom. The lowest BCUT2D eigenvalue weighted by atomic mass is 9.80. The van der Waals surface area contributed by atoms with Crippen LogP contribution in [0.1, 0.15) is 27.7 Å². The molecule has 0 aliphatic heterocycles. The second-order valence-corrected chi connectivity index (χ2v) is 4.39. The average Bonchev–Trinajstić information content (AvgIpc) is 2.35. The highest BCUT2D eigenvalue weighted by atomic mass is 14.4. The minimum Gasteiger partial charge on any atom is -0.0991 e. The maximum Gasteiger partial charge on any atom is 0.0155 e. The molecule has 0 atom stereocenters. The van der Waals surface area contributed by atoms with Gasteiger partial charge in [-0.25, -0.2) is 0 Å². The van der Waals surface area contributed by atoms with Crippen molar-refractivity contribution in [1.29, 1.82) is 0 Å². The topological polar surface area (TPSA) is 0 Å². The zero-order valence-corrected chi connectivity index (χ0v) is 10.2. The van der Waals surface area contributed by atoms with Gasteiger partial charge in [0.1, 0.15) is 0 Å². The normalized spacial score (nSPS) is 25.1. The standard InChI is InChI=1S/C15H20/c1-7-10-14-12(8-2)11(4)13(9-3)15(14,5)6/h7-10H,1,3H2,2,4-6H3/b12-8-,14-10+. The summed E-state index contributed by atoms with van der Waals surface area (Å²) in [6, 6.07) is 0. The first-order valence-corrected chi connectivity index (χ1v) is 5.34. The van der Waals surface area contributed by atoms with Crippen molar-refractivity contribution in [3.05, 3.63) is 59.8 Å². The van der Waals surface area contributed by atoms with Gasteiger partial charge in [0.15, 0.2) is 0 Å². The lowest BCUT2D eigenvalue weighted by Crippen LogP contribution is -2.12. The van der Waals surface area contributed by atoms with E-state index < -0.39 is 0 Å². The van der Waals surface area contributed by atoms with E-state index >= 15 is 0 Å². The van der Waals surface area contributed by atoms with Gasteiger partial charge in [0.2, 0.25) is 0 Å². The van der Waals surface area contributed by atoms with Crippen molar-refractivity contribution in [2.45, 2.75) is 27.7 Å². The Bertz CT molecular complexity index is 384. The summed E-state index contributed by atoms with van der Waals surface area (Å²) >= 11 is 0. The van der Waals surface area contributed by atoms with Gasteiger partial charge in [0, 0.05) is 5.41 Å². The van der Waals surface area contributed by atoms with Crippen LogP contribution in [-0.4, -0.2) is 0 Å². The van der Waals surface area contributed by atoms with E-state index in [2.05, 4.69) is 53.0 Å². The van der Waals surface area contributed by atoms with Crippen molar-refractivity contribution in [3.63, 3.8) is 0 Å². The van der Waals surface area contributed by atoms with Crippen LogP contribution in [0.25, 0.3) is 0 Å². The molecule has 0 spiro atoms. The highest BCUT2D eigenvalue weighted by Crippen LogP contribution is 2.50. The molecule has 0 heteroatoms. The second-order valence-electron chi connectivity index (χ2n) is 4.39. The predicted octanol–water partition coefficient (Wildman–Crippen LogP) is 4.59. The van der Waals surface area contributed by atoms with E-state index in [0.717, 1.165) is 0 Å². The minimum absolute atomic E-state index is 0.0574. The Kier molecular flexibility index (Phi) is 3.18. The van der Waals surface area contributed by atoms with Gasteiger partial charge < -0.3 is 0 Å². The zero-order valence-electron chi connectivity index (χ0n) is 10.2. The van der Waals surface area contributed by atoms with Crippen molar-refractivity contribution in [1.82, 2.24) is 0 Å². The van der Waals surface area contributed by atoms with Gasteiger partial charge in [-0.1, -0.05) is 51.3 Å². The zero-order chi connectivity index (χ0) is 11.6. The van der Waals surface area contributed by atoms with Gasteiger partial charge in [-0.3, -0.25) is 0 Å². The highest BCUT2D eigenvalue weighted by Gasteiger charge is 2.36. The first kappa shape index (κ1) is 11.8. The van der Waals surface area contributed by atoms with Crippen molar-refractivity contribution in [2.75, 3.05) is 0 Å². The smallest absolute Gasteiger partial charge is 0.0155 e. The number of rotatable bonds is 2. The highest BCUT2D eigenvalue weighted by molar-refractivity contribution is 5.63. The minimum atomic E-state index is 0.0574. The molecule has 0 aromatic rings. The molecule has 0 heterocycles. The Morgan fingerprint density at radius 1 is 1.20 bits per heavy atom. The Labute approximate surface area is 93.4 Å². The molecule has 0 saturated carbocycles. The van der Waals surface area contributed by atoms with Crippen LogP contribution in [0, 0.1) is 5.41 Å². The first-order chi connectivity index (χ1) is 7.00. The monoisotopic (exact) mass is 200 g/mol. The third-order valence-electron chi connectivity index (χ3n) is 3.22. The summed E-state index contributed by atoms with van der Waals surface area (Å²) in [5, 5.41) is 0. The molecule has 0 N–H and O–H groups in total. The summed E-state index contributed by atoms with van der Waals surface area (Å²) in [7, 11) is 0. The number of hydrogen-bond acceptors (Lipinski definition) is 0. The fourth-order valence-electron chi connectivity index (χ4n) is 2.49. The van der Waals surface area contributed by atoms with Gasteiger partial charge in [0.25, 0.3) is 0 Å². The quantitative estimate of drug-likeness (QED) is 0.611. The van der Waals surface area contributed by atoms with E-state index in [1.54, 1.807) is 0 Å². The van der Waals surface area contributed by atoms with Crippen LogP contribution >= 0.6 is 0 Å². The van der Waals surface area contributed by atoms with Crippen LogP contribution in [0.2, 0.25) is 0 Å². The molecule has 0 fully saturated rings. The fraction of sp³-hybridized carbons (Fsp3) is 0.333. The Balaban J connectivity index is 3.47. The van der Waals surface area contributed by atoms with Crippen molar-refractivity contribution >= 4 is 0 Å². The van der Waals surface area contributed by atoms with Crippen LogP contribution in [0.5, 0.6) is 0 Å². The molecule has 1 rings (SSSR count). The number of hydrogen-bond donors (Lipinski definition) is 0. The molecule has 1 aliphatic carbocycles. The average molecular weight is 200 g/mol. The van der Waals surface area contributed by atoms with Crippen LogP contribution in [-0.2, 0) is 0 Å². The molecule has 0 amide bonds. The molecular formula is C15H20. The van der Waals surface area contributed by atoms with E-state index in [9.17, 15) is 0 Å². The second kappa shape index (κ2) is 4.06. The summed E-state index contributed by atoms with van der Waals surface area (Å²) in [5.41, 5.74) is 5.39. The van der Waals surface area contributed by atoms with E-state index in [4.69, 9.17) is 0 Å². The summed E-state index contributed by atoms with van der Waals surface area (Å²) < 4.78 is 0. The van der Waals surface area contributed by atoms with Crippen LogP contribution in [0.4, 0.5) is 0 Å². The number of allylic oxidation sites excluding steroid dienone is 8. The van der Waals surface area contributed by atoms with Gasteiger partial charge >= 0.3 is 0 Å². The van der Waals surface area contributed by atoms with Crippen molar-refractivity contribution < 1.29 is 0 Å².